The van der Waals surface area contributed by atoms with Gasteiger partial charge in [-0.15, -0.1) is 0 Å². The number of nitro benzene ring substituents is 1. The summed E-state index contributed by atoms with van der Waals surface area (Å²) in [6.07, 6.45) is 3.36. The Morgan fingerprint density at radius 3 is 2.83 bits per heavy atom. The number of hydrogen-bond acceptors (Lipinski definition) is 6. The lowest BCUT2D eigenvalue weighted by molar-refractivity contribution is -0.384. The Kier molecular flexibility index (Phi) is 5.19. The number of likely N-dealkylation sites (tertiary alicyclic amines) is 1. The van der Waals surface area contributed by atoms with Gasteiger partial charge in [-0.3, -0.25) is 24.6 Å². The summed E-state index contributed by atoms with van der Waals surface area (Å²) in [7, 11) is 0. The standard InChI is InChI=1S/C15H14N2O6/c18-13-5-2-8-16(13)14(19)10-23-15(20)7-6-11-3-1-4-12(9-11)17(21)22/h1,3-4,6-7,9H,2,5,8,10H2/b7-6+. The molecule has 1 heterocycles. The zero-order valence-electron chi connectivity index (χ0n) is 12.1. The molecule has 1 fully saturated rings. The van der Waals surface area contributed by atoms with Crippen molar-refractivity contribution in [2.24, 2.45) is 0 Å². The molecule has 0 aromatic heterocycles. The van der Waals surface area contributed by atoms with E-state index in [1.54, 1.807) is 6.07 Å². The van der Waals surface area contributed by atoms with Crippen LogP contribution in [0.25, 0.3) is 6.08 Å². The summed E-state index contributed by atoms with van der Waals surface area (Å²) in [6, 6.07) is 5.72. The molecule has 1 aliphatic rings. The number of carbonyl (C=O) groups is 3. The minimum atomic E-state index is -0.767. The van der Waals surface area contributed by atoms with E-state index in [2.05, 4.69) is 0 Å². The Morgan fingerprint density at radius 1 is 1.39 bits per heavy atom. The maximum atomic E-state index is 11.7. The summed E-state index contributed by atoms with van der Waals surface area (Å²) in [5, 5.41) is 10.6. The fourth-order valence-corrected chi connectivity index (χ4v) is 2.08. The number of benzene rings is 1. The molecule has 0 radical (unpaired) electrons. The fourth-order valence-electron chi connectivity index (χ4n) is 2.08. The van der Waals surface area contributed by atoms with Crippen molar-refractivity contribution in [2.45, 2.75) is 12.8 Å². The summed E-state index contributed by atoms with van der Waals surface area (Å²) in [5.74, 6) is -1.58. The minimum absolute atomic E-state index is 0.0942. The van der Waals surface area contributed by atoms with Crippen LogP contribution in [0, 0.1) is 10.1 Å². The lowest BCUT2D eigenvalue weighted by Crippen LogP contribution is -2.35. The predicted molar refractivity (Wildman–Crippen MR) is 79.0 cm³/mol. The average Bonchev–Trinajstić information content (AvgIpc) is 2.97. The van der Waals surface area contributed by atoms with Crippen LogP contribution >= 0.6 is 0 Å². The van der Waals surface area contributed by atoms with Crippen molar-refractivity contribution in [1.29, 1.82) is 0 Å². The van der Waals surface area contributed by atoms with Gasteiger partial charge < -0.3 is 4.74 Å². The van der Waals surface area contributed by atoms with Gasteiger partial charge in [0, 0.05) is 31.2 Å². The first-order valence-electron chi connectivity index (χ1n) is 6.90. The predicted octanol–water partition coefficient (Wildman–Crippen LogP) is 1.30. The zero-order chi connectivity index (χ0) is 16.8. The molecule has 0 saturated carbocycles. The Morgan fingerprint density at radius 2 is 2.17 bits per heavy atom. The summed E-state index contributed by atoms with van der Waals surface area (Å²) in [6.45, 7) is -0.164. The first-order chi connectivity index (χ1) is 11.0. The molecule has 120 valence electrons. The molecule has 1 saturated heterocycles. The van der Waals surface area contributed by atoms with Crippen molar-refractivity contribution < 1.29 is 24.0 Å². The summed E-state index contributed by atoms with van der Waals surface area (Å²) >= 11 is 0. The number of amides is 2. The number of rotatable bonds is 5. The number of ether oxygens (including phenoxy) is 1. The van der Waals surface area contributed by atoms with Crippen molar-refractivity contribution >= 4 is 29.5 Å². The van der Waals surface area contributed by atoms with E-state index in [0.29, 0.717) is 24.9 Å². The smallest absolute Gasteiger partial charge is 0.331 e. The van der Waals surface area contributed by atoms with Gasteiger partial charge in [-0.25, -0.2) is 4.79 Å². The molecule has 0 spiro atoms. The van der Waals surface area contributed by atoms with Gasteiger partial charge in [-0.05, 0) is 18.1 Å². The number of esters is 1. The SMILES string of the molecule is O=C(/C=C/c1cccc([N+](=O)[O-])c1)OCC(=O)N1CCCC1=O. The van der Waals surface area contributed by atoms with E-state index in [1.165, 1.54) is 24.3 Å². The molecule has 0 N–H and O–H groups in total. The third-order valence-electron chi connectivity index (χ3n) is 3.21. The molecule has 1 aliphatic heterocycles. The monoisotopic (exact) mass is 318 g/mol. The van der Waals surface area contributed by atoms with Crippen LogP contribution in [0.4, 0.5) is 5.69 Å². The fraction of sp³-hybridized carbons (Fsp3) is 0.267. The van der Waals surface area contributed by atoms with Crippen LogP contribution in [0.3, 0.4) is 0 Å². The number of imide groups is 1. The molecule has 23 heavy (non-hydrogen) atoms. The van der Waals surface area contributed by atoms with E-state index in [1.807, 2.05) is 0 Å². The maximum Gasteiger partial charge on any atom is 0.331 e. The summed E-state index contributed by atoms with van der Waals surface area (Å²) in [4.78, 5) is 45.7. The highest BCUT2D eigenvalue weighted by atomic mass is 16.6. The molecule has 1 aromatic rings. The molecular weight excluding hydrogens is 304 g/mol. The van der Waals surface area contributed by atoms with Crippen molar-refractivity contribution in [2.75, 3.05) is 13.2 Å². The van der Waals surface area contributed by atoms with Crippen molar-refractivity contribution in [3.63, 3.8) is 0 Å². The third kappa shape index (κ3) is 4.47. The van der Waals surface area contributed by atoms with Crippen LogP contribution in [0.1, 0.15) is 18.4 Å². The highest BCUT2D eigenvalue weighted by Crippen LogP contribution is 2.14. The molecule has 2 amide bonds. The van der Waals surface area contributed by atoms with Crippen LogP contribution in [-0.4, -0.2) is 40.8 Å². The Hall–Kier alpha value is -3.03. The third-order valence-corrected chi connectivity index (χ3v) is 3.21. The molecule has 2 rings (SSSR count). The molecule has 1 aromatic carbocycles. The second kappa shape index (κ2) is 7.30. The Labute approximate surface area is 131 Å². The molecule has 0 aliphatic carbocycles. The summed E-state index contributed by atoms with van der Waals surface area (Å²) < 4.78 is 4.76. The lowest BCUT2D eigenvalue weighted by atomic mass is 10.2. The van der Waals surface area contributed by atoms with E-state index < -0.39 is 23.4 Å². The highest BCUT2D eigenvalue weighted by molar-refractivity contribution is 5.98. The largest absolute Gasteiger partial charge is 0.452 e. The van der Waals surface area contributed by atoms with E-state index in [4.69, 9.17) is 4.74 Å². The maximum absolute atomic E-state index is 11.7. The summed E-state index contributed by atoms with van der Waals surface area (Å²) in [5.41, 5.74) is 0.362. The van der Waals surface area contributed by atoms with Gasteiger partial charge in [0.2, 0.25) is 5.91 Å². The number of hydrogen-bond donors (Lipinski definition) is 0. The zero-order valence-corrected chi connectivity index (χ0v) is 12.1. The van der Waals surface area contributed by atoms with Crippen LogP contribution in [-0.2, 0) is 19.1 Å². The van der Waals surface area contributed by atoms with Crippen molar-refractivity contribution in [3.05, 3.63) is 46.0 Å². The number of carbonyl (C=O) groups excluding carboxylic acids is 3. The van der Waals surface area contributed by atoms with E-state index in [9.17, 15) is 24.5 Å². The van der Waals surface area contributed by atoms with Gasteiger partial charge in [0.15, 0.2) is 6.61 Å². The Bertz CT molecular complexity index is 682. The van der Waals surface area contributed by atoms with Crippen LogP contribution < -0.4 is 0 Å². The van der Waals surface area contributed by atoms with Gasteiger partial charge in [-0.1, -0.05) is 12.1 Å². The van der Waals surface area contributed by atoms with Gasteiger partial charge >= 0.3 is 5.97 Å². The molecule has 8 nitrogen and oxygen atoms in total. The van der Waals surface area contributed by atoms with Crippen molar-refractivity contribution in [3.8, 4) is 0 Å². The topological polar surface area (TPSA) is 107 Å². The van der Waals surface area contributed by atoms with E-state index in [0.717, 1.165) is 11.0 Å². The van der Waals surface area contributed by atoms with Gasteiger partial charge in [0.25, 0.3) is 11.6 Å². The lowest BCUT2D eigenvalue weighted by Gasteiger charge is -2.12. The molecule has 8 heteroatoms. The molecule has 0 atom stereocenters. The number of non-ortho nitro benzene ring substituents is 1. The second-order valence-electron chi connectivity index (χ2n) is 4.84. The van der Waals surface area contributed by atoms with Crippen molar-refractivity contribution in [1.82, 2.24) is 4.90 Å². The second-order valence-corrected chi connectivity index (χ2v) is 4.84. The van der Waals surface area contributed by atoms with Crippen LogP contribution in [0.2, 0.25) is 0 Å². The van der Waals surface area contributed by atoms with Crippen LogP contribution in [0.15, 0.2) is 30.3 Å². The average molecular weight is 318 g/mol. The number of nitrogens with zero attached hydrogens (tertiary/aromatic N) is 2. The van der Waals surface area contributed by atoms with Gasteiger partial charge in [-0.2, -0.15) is 0 Å². The molecular formula is C15H14N2O6. The van der Waals surface area contributed by atoms with Gasteiger partial charge in [0.1, 0.15) is 0 Å². The normalized spacial score (nSPS) is 14.3. The highest BCUT2D eigenvalue weighted by Gasteiger charge is 2.26. The van der Waals surface area contributed by atoms with Crippen LogP contribution in [0.5, 0.6) is 0 Å². The first kappa shape index (κ1) is 16.3. The quantitative estimate of drug-likeness (QED) is 0.350. The first-order valence-corrected chi connectivity index (χ1v) is 6.90. The number of nitro groups is 1. The molecule has 0 bridgehead atoms. The Balaban J connectivity index is 1.87. The van der Waals surface area contributed by atoms with E-state index >= 15 is 0 Å². The molecule has 0 unspecified atom stereocenters. The minimum Gasteiger partial charge on any atom is -0.452 e. The van der Waals surface area contributed by atoms with E-state index in [-0.39, 0.29) is 11.6 Å². The van der Waals surface area contributed by atoms with Gasteiger partial charge in [0.05, 0.1) is 4.92 Å².